The van der Waals surface area contributed by atoms with Crippen LogP contribution in [-0.4, -0.2) is 60.2 Å². The van der Waals surface area contributed by atoms with Crippen LogP contribution in [0.5, 0.6) is 5.88 Å². The molecule has 5 rings (SSSR count). The van der Waals surface area contributed by atoms with Crippen LogP contribution in [0.15, 0.2) is 48.5 Å². The highest BCUT2D eigenvalue weighted by molar-refractivity contribution is 6.19. The topological polar surface area (TPSA) is 76.4 Å². The van der Waals surface area contributed by atoms with E-state index in [1.54, 1.807) is 16.7 Å². The summed E-state index contributed by atoms with van der Waals surface area (Å²) in [5, 5.41) is 14.5. The highest BCUT2D eigenvalue weighted by Crippen LogP contribution is 2.35. The minimum absolute atomic E-state index is 0.265. The average molecular weight is 391 g/mol. The molecule has 1 aliphatic heterocycles. The molecule has 0 saturated carbocycles. The number of carbonyl (C=O) groups excluding carboxylic acids is 1. The number of hydrogen-bond acceptors (Lipinski definition) is 5. The van der Waals surface area contributed by atoms with E-state index in [0.717, 1.165) is 18.5 Å². The van der Waals surface area contributed by atoms with E-state index in [4.69, 9.17) is 9.47 Å². The van der Waals surface area contributed by atoms with Gasteiger partial charge in [0.25, 0.3) is 0 Å². The van der Waals surface area contributed by atoms with Crippen LogP contribution in [0.1, 0.15) is 0 Å². The Bertz CT molecular complexity index is 1240. The van der Waals surface area contributed by atoms with E-state index in [9.17, 15) is 9.90 Å². The van der Waals surface area contributed by atoms with Gasteiger partial charge in [-0.05, 0) is 17.3 Å². The molecule has 1 saturated heterocycles. The molecule has 0 bridgehead atoms. The fourth-order valence-electron chi connectivity index (χ4n) is 4.00. The summed E-state index contributed by atoms with van der Waals surface area (Å²) in [6.45, 7) is 3.17. The van der Waals surface area contributed by atoms with Crippen molar-refractivity contribution in [2.24, 2.45) is 0 Å². The van der Waals surface area contributed by atoms with Crippen molar-refractivity contribution >= 4 is 38.8 Å². The minimum Gasteiger partial charge on any atom is -0.858 e. The molecule has 148 valence electrons. The first-order chi connectivity index (χ1) is 14.1. The van der Waals surface area contributed by atoms with Gasteiger partial charge in [0.05, 0.1) is 36.8 Å². The summed E-state index contributed by atoms with van der Waals surface area (Å²) in [6, 6.07) is 14.7. The van der Waals surface area contributed by atoms with Crippen LogP contribution in [0, 0.1) is 0 Å². The van der Waals surface area contributed by atoms with Crippen LogP contribution >= 0.6 is 0 Å². The molecular formula is C22H21N3O4. The zero-order valence-electron chi connectivity index (χ0n) is 16.1. The highest BCUT2D eigenvalue weighted by Gasteiger charge is 2.28. The average Bonchev–Trinajstić information content (AvgIpc) is 3.07. The van der Waals surface area contributed by atoms with Crippen molar-refractivity contribution < 1.29 is 23.9 Å². The van der Waals surface area contributed by atoms with Crippen LogP contribution in [-0.2, 0) is 9.47 Å². The van der Waals surface area contributed by atoms with Crippen molar-refractivity contribution in [3.63, 3.8) is 0 Å². The number of aromatic nitrogens is 2. The summed E-state index contributed by atoms with van der Waals surface area (Å²) in [7, 11) is 2.06. The van der Waals surface area contributed by atoms with Gasteiger partial charge < -0.3 is 14.6 Å². The molecule has 7 heteroatoms. The number of fused-ring (bicyclic) bond motifs is 5. The number of rotatable bonds is 2. The van der Waals surface area contributed by atoms with E-state index >= 15 is 0 Å². The van der Waals surface area contributed by atoms with Crippen LogP contribution in [0.2, 0.25) is 0 Å². The number of morpholine rings is 1. The van der Waals surface area contributed by atoms with Gasteiger partial charge in [0.1, 0.15) is 13.1 Å². The van der Waals surface area contributed by atoms with Gasteiger partial charge >= 0.3 is 6.09 Å². The molecule has 0 unspecified atom stereocenters. The second-order valence-electron chi connectivity index (χ2n) is 7.73. The lowest BCUT2D eigenvalue weighted by Gasteiger charge is -2.36. The van der Waals surface area contributed by atoms with E-state index in [2.05, 4.69) is 12.0 Å². The van der Waals surface area contributed by atoms with E-state index in [0.29, 0.717) is 45.0 Å². The quantitative estimate of drug-likeness (QED) is 0.491. The van der Waals surface area contributed by atoms with Gasteiger partial charge in [-0.2, -0.15) is 0 Å². The Hall–Kier alpha value is -3.16. The molecular weight excluding hydrogens is 370 g/mol. The number of hydrogen-bond donors (Lipinski definition) is 0. The van der Waals surface area contributed by atoms with Crippen molar-refractivity contribution in [3.05, 3.63) is 48.5 Å². The Kier molecular flexibility index (Phi) is 4.15. The molecule has 3 heterocycles. The molecule has 4 aromatic rings. The maximum Gasteiger partial charge on any atom is 0.423 e. The fourth-order valence-corrected chi connectivity index (χ4v) is 4.00. The molecule has 0 N–H and O–H groups in total. The second kappa shape index (κ2) is 6.72. The first-order valence-electron chi connectivity index (χ1n) is 9.65. The van der Waals surface area contributed by atoms with E-state index < -0.39 is 6.09 Å². The standard InChI is InChI=1S/C22H21N3O4/c1-25(10-12-28-13-11-25)14-29-22(27)24-18-9-5-4-8-17(18)19-20(24)15-6-2-3-7-16(15)21(26)23-19/h2-9H,10-14H2,1H3. The lowest BCUT2D eigenvalue weighted by Crippen LogP contribution is -2.53. The van der Waals surface area contributed by atoms with E-state index in [-0.39, 0.29) is 12.6 Å². The maximum absolute atomic E-state index is 13.2. The van der Waals surface area contributed by atoms with Gasteiger partial charge in [-0.3, -0.25) is 9.47 Å². The Balaban J connectivity index is 1.67. The summed E-state index contributed by atoms with van der Waals surface area (Å²) in [5.74, 6) is -0.296. The smallest absolute Gasteiger partial charge is 0.423 e. The zero-order valence-corrected chi connectivity index (χ0v) is 16.1. The molecule has 0 radical (unpaired) electrons. The van der Waals surface area contributed by atoms with Crippen LogP contribution < -0.4 is 5.11 Å². The first-order valence-corrected chi connectivity index (χ1v) is 9.65. The zero-order chi connectivity index (χ0) is 20.0. The van der Waals surface area contributed by atoms with Gasteiger partial charge in [-0.1, -0.05) is 42.5 Å². The van der Waals surface area contributed by atoms with Gasteiger partial charge in [-0.25, -0.2) is 9.36 Å². The summed E-state index contributed by atoms with van der Waals surface area (Å²) in [4.78, 5) is 17.5. The Morgan fingerprint density at radius 1 is 1.10 bits per heavy atom. The highest BCUT2D eigenvalue weighted by atomic mass is 16.6. The number of ether oxygens (including phenoxy) is 2. The molecule has 0 aliphatic carbocycles. The third-order valence-corrected chi connectivity index (χ3v) is 5.71. The third kappa shape index (κ3) is 2.90. The second-order valence-corrected chi connectivity index (χ2v) is 7.73. The summed E-state index contributed by atoms with van der Waals surface area (Å²) in [6.07, 6.45) is -0.465. The predicted molar refractivity (Wildman–Crippen MR) is 108 cm³/mol. The Morgan fingerprint density at radius 2 is 1.76 bits per heavy atom. The van der Waals surface area contributed by atoms with Crippen molar-refractivity contribution in [1.82, 2.24) is 9.55 Å². The largest absolute Gasteiger partial charge is 0.858 e. The summed E-state index contributed by atoms with van der Waals surface area (Å²) >= 11 is 0. The molecule has 1 aliphatic rings. The summed E-state index contributed by atoms with van der Waals surface area (Å²) < 4.78 is 13.3. The monoisotopic (exact) mass is 391 g/mol. The van der Waals surface area contributed by atoms with Crippen LogP contribution in [0.25, 0.3) is 32.7 Å². The number of likely N-dealkylation sites (N-methyl/N-ethyl adjacent to an activating group) is 1. The number of nitrogens with zero attached hydrogens (tertiary/aromatic N) is 3. The first kappa shape index (κ1) is 17.9. The number of para-hydroxylation sites is 1. The number of benzene rings is 2. The molecule has 1 fully saturated rings. The Morgan fingerprint density at radius 3 is 2.52 bits per heavy atom. The molecule has 2 aromatic carbocycles. The number of quaternary nitrogens is 1. The predicted octanol–water partition coefficient (Wildman–Crippen LogP) is 2.84. The van der Waals surface area contributed by atoms with Gasteiger partial charge in [0, 0.05) is 10.8 Å². The molecule has 2 aromatic heterocycles. The number of pyridine rings is 1. The fraction of sp³-hybridized carbons (Fsp3) is 0.273. The van der Waals surface area contributed by atoms with Crippen LogP contribution in [0.3, 0.4) is 0 Å². The Labute approximate surface area is 167 Å². The third-order valence-electron chi connectivity index (χ3n) is 5.71. The maximum atomic E-state index is 13.2. The van der Waals surface area contributed by atoms with E-state index in [1.165, 1.54) is 0 Å². The van der Waals surface area contributed by atoms with Gasteiger partial charge in [0.15, 0.2) is 0 Å². The molecule has 29 heavy (non-hydrogen) atoms. The van der Waals surface area contributed by atoms with Gasteiger partial charge in [-0.15, -0.1) is 0 Å². The molecule has 0 amide bonds. The molecule has 0 spiro atoms. The van der Waals surface area contributed by atoms with Crippen molar-refractivity contribution in [2.75, 3.05) is 40.1 Å². The molecule has 0 atom stereocenters. The number of carbonyl (C=O) groups is 1. The summed E-state index contributed by atoms with van der Waals surface area (Å²) in [5.41, 5.74) is 1.81. The van der Waals surface area contributed by atoms with Crippen molar-refractivity contribution in [1.29, 1.82) is 0 Å². The van der Waals surface area contributed by atoms with Gasteiger partial charge in [0.2, 0.25) is 6.73 Å². The molecule has 7 nitrogen and oxygen atoms in total. The van der Waals surface area contributed by atoms with E-state index in [1.807, 2.05) is 36.4 Å². The minimum atomic E-state index is -0.465. The lowest BCUT2D eigenvalue weighted by atomic mass is 10.1. The van der Waals surface area contributed by atoms with Crippen molar-refractivity contribution in [2.45, 2.75) is 0 Å². The van der Waals surface area contributed by atoms with Crippen molar-refractivity contribution in [3.8, 4) is 5.88 Å². The lowest BCUT2D eigenvalue weighted by molar-refractivity contribution is -0.932. The SMILES string of the molecule is C[N+]1(COC(=O)n2c3ccccc3c3nc([O-])c4ccccc4c32)CCOCC1. The normalized spacial score (nSPS) is 16.4. The van der Waals surface area contributed by atoms with Crippen LogP contribution in [0.4, 0.5) is 4.79 Å².